The summed E-state index contributed by atoms with van der Waals surface area (Å²) in [6.45, 7) is 4.06. The highest BCUT2D eigenvalue weighted by molar-refractivity contribution is 5.51. The number of aliphatic hydroxyl groups is 2. The minimum Gasteiger partial charge on any atom is -0.392 e. The molecule has 2 unspecified atom stereocenters. The predicted molar refractivity (Wildman–Crippen MR) is 80.8 cm³/mol. The summed E-state index contributed by atoms with van der Waals surface area (Å²) < 4.78 is 0. The van der Waals surface area contributed by atoms with Crippen LogP contribution in [0.2, 0.25) is 0 Å². The Hall–Kier alpha value is -1.06. The summed E-state index contributed by atoms with van der Waals surface area (Å²) in [6.07, 6.45) is 5.45. The average Bonchev–Trinajstić information content (AvgIpc) is 2.46. The van der Waals surface area contributed by atoms with Crippen LogP contribution in [0.15, 0.2) is 18.2 Å². The molecule has 3 rings (SSSR count). The van der Waals surface area contributed by atoms with Gasteiger partial charge in [0.25, 0.3) is 0 Å². The van der Waals surface area contributed by atoms with Crippen molar-refractivity contribution in [1.29, 1.82) is 0 Å². The number of aryl methyl sites for hydroxylation is 1. The second-order valence-corrected chi connectivity index (χ2v) is 6.51. The zero-order chi connectivity index (χ0) is 14.2. The molecule has 3 heteroatoms. The zero-order valence-electron chi connectivity index (χ0n) is 12.3. The normalized spacial score (nSPS) is 30.1. The number of piperidine rings is 1. The van der Waals surface area contributed by atoms with E-state index in [1.54, 1.807) is 0 Å². The Morgan fingerprint density at radius 2 is 2.15 bits per heavy atom. The summed E-state index contributed by atoms with van der Waals surface area (Å²) in [4.78, 5) is 2.40. The molecular weight excluding hydrogens is 250 g/mol. The molecule has 3 nitrogen and oxygen atoms in total. The largest absolute Gasteiger partial charge is 0.392 e. The molecule has 2 fully saturated rings. The average molecular weight is 275 g/mol. The molecule has 0 amide bonds. The van der Waals surface area contributed by atoms with Gasteiger partial charge in [0.2, 0.25) is 0 Å². The van der Waals surface area contributed by atoms with Crippen LogP contribution in [0.4, 0.5) is 5.69 Å². The topological polar surface area (TPSA) is 43.7 Å². The fourth-order valence-corrected chi connectivity index (χ4v) is 3.86. The van der Waals surface area contributed by atoms with E-state index in [9.17, 15) is 10.2 Å². The first-order valence-electron chi connectivity index (χ1n) is 7.80. The molecule has 1 aliphatic carbocycles. The maximum Gasteiger partial charge on any atom is 0.0709 e. The van der Waals surface area contributed by atoms with Crippen molar-refractivity contribution in [2.24, 2.45) is 5.92 Å². The highest BCUT2D eigenvalue weighted by Gasteiger charge is 2.42. The van der Waals surface area contributed by atoms with E-state index in [1.165, 1.54) is 18.5 Å². The van der Waals surface area contributed by atoms with Crippen LogP contribution in [-0.2, 0) is 6.61 Å². The zero-order valence-corrected chi connectivity index (χ0v) is 12.3. The number of aliphatic hydroxyl groups excluding tert-OH is 1. The molecule has 0 aromatic heterocycles. The summed E-state index contributed by atoms with van der Waals surface area (Å²) in [5.74, 6) is 0.419. The highest BCUT2D eigenvalue weighted by atomic mass is 16.3. The first-order chi connectivity index (χ1) is 9.62. The standard InChI is InChI=1S/C17H25NO2/c1-13-10-16(6-5-14(13)12-19)18-9-8-17(20)7-3-2-4-15(17)11-18/h5-6,10,15,19-20H,2-4,7-9,11-12H2,1H3. The lowest BCUT2D eigenvalue weighted by molar-refractivity contribution is -0.0612. The number of benzene rings is 1. The predicted octanol–water partition coefficient (Wildman–Crippen LogP) is 2.62. The highest BCUT2D eigenvalue weighted by Crippen LogP contribution is 2.41. The van der Waals surface area contributed by atoms with E-state index in [4.69, 9.17) is 0 Å². The summed E-state index contributed by atoms with van der Waals surface area (Å²) in [5, 5.41) is 20.0. The molecule has 0 radical (unpaired) electrons. The second kappa shape index (κ2) is 5.38. The number of fused-ring (bicyclic) bond motifs is 1. The van der Waals surface area contributed by atoms with Gasteiger partial charge in [-0.05, 0) is 49.4 Å². The van der Waals surface area contributed by atoms with Crippen LogP contribution in [0.5, 0.6) is 0 Å². The monoisotopic (exact) mass is 275 g/mol. The molecule has 0 spiro atoms. The van der Waals surface area contributed by atoms with Crippen LogP contribution in [0.25, 0.3) is 0 Å². The van der Waals surface area contributed by atoms with Crippen molar-refractivity contribution < 1.29 is 10.2 Å². The van der Waals surface area contributed by atoms with Gasteiger partial charge in [-0.15, -0.1) is 0 Å². The maximum atomic E-state index is 10.7. The van der Waals surface area contributed by atoms with Gasteiger partial charge in [-0.25, -0.2) is 0 Å². The fraction of sp³-hybridized carbons (Fsp3) is 0.647. The Morgan fingerprint density at radius 3 is 2.90 bits per heavy atom. The lowest BCUT2D eigenvalue weighted by Crippen LogP contribution is -2.53. The van der Waals surface area contributed by atoms with Crippen LogP contribution < -0.4 is 4.90 Å². The Bertz CT molecular complexity index is 488. The Morgan fingerprint density at radius 1 is 1.30 bits per heavy atom. The lowest BCUT2D eigenvalue weighted by Gasteiger charge is -2.48. The molecular formula is C17H25NO2. The van der Waals surface area contributed by atoms with E-state index in [1.807, 2.05) is 6.07 Å². The van der Waals surface area contributed by atoms with E-state index in [0.29, 0.717) is 5.92 Å². The molecule has 2 atom stereocenters. The third kappa shape index (κ3) is 2.45. The SMILES string of the molecule is Cc1cc(N2CCC3(O)CCCCC3C2)ccc1CO. The van der Waals surface area contributed by atoms with Crippen LogP contribution in [0, 0.1) is 12.8 Å². The van der Waals surface area contributed by atoms with Crippen molar-refractivity contribution in [2.75, 3.05) is 18.0 Å². The number of hydrogen-bond acceptors (Lipinski definition) is 3. The third-order valence-electron chi connectivity index (χ3n) is 5.29. The van der Waals surface area contributed by atoms with Crippen molar-refractivity contribution in [3.05, 3.63) is 29.3 Å². The van der Waals surface area contributed by atoms with Crippen molar-refractivity contribution in [3.8, 4) is 0 Å². The summed E-state index contributed by atoms with van der Waals surface area (Å²) in [7, 11) is 0. The molecule has 1 aromatic rings. The van der Waals surface area contributed by atoms with Gasteiger partial charge in [-0.2, -0.15) is 0 Å². The molecule has 1 aromatic carbocycles. The van der Waals surface area contributed by atoms with Crippen LogP contribution in [0.1, 0.15) is 43.2 Å². The second-order valence-electron chi connectivity index (χ2n) is 6.51. The summed E-state index contributed by atoms with van der Waals surface area (Å²) in [6, 6.07) is 6.29. The van der Waals surface area contributed by atoms with Crippen molar-refractivity contribution in [3.63, 3.8) is 0 Å². The quantitative estimate of drug-likeness (QED) is 0.872. The third-order valence-corrected chi connectivity index (χ3v) is 5.29. The molecule has 1 saturated heterocycles. The van der Waals surface area contributed by atoms with Crippen molar-refractivity contribution >= 4 is 5.69 Å². The smallest absolute Gasteiger partial charge is 0.0709 e. The number of anilines is 1. The number of rotatable bonds is 2. The Labute approximate surface area is 121 Å². The maximum absolute atomic E-state index is 10.7. The number of nitrogens with zero attached hydrogens (tertiary/aromatic N) is 1. The Balaban J connectivity index is 1.77. The van der Waals surface area contributed by atoms with Gasteiger partial charge >= 0.3 is 0 Å². The van der Waals surface area contributed by atoms with Gasteiger partial charge in [0, 0.05) is 24.7 Å². The minimum atomic E-state index is -0.408. The molecule has 1 aliphatic heterocycles. The molecule has 110 valence electrons. The minimum absolute atomic E-state index is 0.106. The van der Waals surface area contributed by atoms with E-state index >= 15 is 0 Å². The van der Waals surface area contributed by atoms with Gasteiger partial charge in [-0.3, -0.25) is 0 Å². The van der Waals surface area contributed by atoms with Gasteiger partial charge in [0.05, 0.1) is 12.2 Å². The van der Waals surface area contributed by atoms with E-state index in [-0.39, 0.29) is 6.61 Å². The van der Waals surface area contributed by atoms with Crippen LogP contribution in [0.3, 0.4) is 0 Å². The van der Waals surface area contributed by atoms with Crippen LogP contribution >= 0.6 is 0 Å². The lowest BCUT2D eigenvalue weighted by atomic mass is 9.71. The van der Waals surface area contributed by atoms with Gasteiger partial charge < -0.3 is 15.1 Å². The molecule has 2 N–H and O–H groups in total. The molecule has 20 heavy (non-hydrogen) atoms. The molecule has 1 saturated carbocycles. The van der Waals surface area contributed by atoms with Gasteiger partial charge in [0.15, 0.2) is 0 Å². The summed E-state index contributed by atoms with van der Waals surface area (Å²) >= 11 is 0. The number of hydrogen-bond donors (Lipinski definition) is 2. The fourth-order valence-electron chi connectivity index (χ4n) is 3.86. The Kier molecular flexibility index (Phi) is 3.74. The molecule has 0 bridgehead atoms. The molecule has 1 heterocycles. The van der Waals surface area contributed by atoms with Crippen molar-refractivity contribution in [2.45, 2.75) is 51.2 Å². The first kappa shape index (κ1) is 13.9. The van der Waals surface area contributed by atoms with Gasteiger partial charge in [0.1, 0.15) is 0 Å². The van der Waals surface area contributed by atoms with E-state index < -0.39 is 5.60 Å². The van der Waals surface area contributed by atoms with E-state index in [2.05, 4.69) is 24.0 Å². The van der Waals surface area contributed by atoms with Crippen LogP contribution in [-0.4, -0.2) is 28.9 Å². The van der Waals surface area contributed by atoms with Crippen molar-refractivity contribution in [1.82, 2.24) is 0 Å². The van der Waals surface area contributed by atoms with Gasteiger partial charge in [-0.1, -0.05) is 18.9 Å². The first-order valence-corrected chi connectivity index (χ1v) is 7.80. The summed E-state index contributed by atoms with van der Waals surface area (Å²) in [5.41, 5.74) is 2.97. The molecule has 2 aliphatic rings. The van der Waals surface area contributed by atoms with E-state index in [0.717, 1.165) is 43.5 Å².